The smallest absolute Gasteiger partial charge is 0.205 e. The highest BCUT2D eigenvalue weighted by atomic mass is 35.5. The van der Waals surface area contributed by atoms with Crippen molar-refractivity contribution in [2.45, 2.75) is 8.67 Å². The van der Waals surface area contributed by atoms with Gasteiger partial charge in [0.2, 0.25) is 4.33 Å². The number of alkyl halides is 4. The molecule has 0 fully saturated rings. The molecule has 5 heteroatoms. The van der Waals surface area contributed by atoms with Crippen LogP contribution in [0.4, 0.5) is 4.39 Å². The number of hydrogen-bond acceptors (Lipinski definition) is 0. The molecule has 0 bridgehead atoms. The Balaban J connectivity index is 2.50. The van der Waals surface area contributed by atoms with E-state index in [1.165, 1.54) is 12.2 Å². The SMILES string of the molecule is FC1=CC(c2ccccc2)=CC(Cl)(Cl)C1(Cl)Cl. The third kappa shape index (κ3) is 2.34. The van der Waals surface area contributed by atoms with E-state index in [4.69, 9.17) is 46.4 Å². The Labute approximate surface area is 119 Å². The average molecular weight is 312 g/mol. The molecular formula is C12H7Cl4F. The molecule has 0 saturated carbocycles. The standard InChI is InChI=1S/C12H7Cl4F/c13-11(14)7-9(6-10(17)12(11,15)16)8-4-2-1-3-5-8/h1-7H. The Hall–Kier alpha value is -0.210. The Morgan fingerprint density at radius 3 is 2.06 bits per heavy atom. The zero-order valence-corrected chi connectivity index (χ0v) is 11.5. The molecule has 1 aliphatic rings. The molecule has 1 aromatic rings. The fraction of sp³-hybridized carbons (Fsp3) is 0.167. The Bertz CT molecular complexity index is 488. The maximum atomic E-state index is 13.8. The van der Waals surface area contributed by atoms with Crippen LogP contribution in [0.25, 0.3) is 5.57 Å². The van der Waals surface area contributed by atoms with Gasteiger partial charge in [-0.2, -0.15) is 0 Å². The van der Waals surface area contributed by atoms with Crippen LogP contribution in [0.1, 0.15) is 5.56 Å². The first-order valence-corrected chi connectivity index (χ1v) is 6.27. The summed E-state index contributed by atoms with van der Waals surface area (Å²) in [6.07, 6.45) is 2.67. The van der Waals surface area contributed by atoms with Crippen LogP contribution < -0.4 is 0 Å². The van der Waals surface area contributed by atoms with E-state index in [-0.39, 0.29) is 0 Å². The van der Waals surface area contributed by atoms with Crippen molar-refractivity contribution in [2.24, 2.45) is 0 Å². The van der Waals surface area contributed by atoms with E-state index in [0.29, 0.717) is 5.57 Å². The predicted octanol–water partition coefficient (Wildman–Crippen LogP) is 5.28. The van der Waals surface area contributed by atoms with Gasteiger partial charge in [0.05, 0.1) is 0 Å². The molecule has 90 valence electrons. The van der Waals surface area contributed by atoms with Gasteiger partial charge in [0.1, 0.15) is 5.83 Å². The second kappa shape index (κ2) is 4.47. The Kier molecular flexibility index (Phi) is 3.48. The van der Waals surface area contributed by atoms with Gasteiger partial charge < -0.3 is 0 Å². The highest BCUT2D eigenvalue weighted by molar-refractivity contribution is 6.65. The topological polar surface area (TPSA) is 0 Å². The van der Waals surface area contributed by atoms with Gasteiger partial charge in [0.25, 0.3) is 0 Å². The summed E-state index contributed by atoms with van der Waals surface area (Å²) in [7, 11) is 0. The summed E-state index contributed by atoms with van der Waals surface area (Å²) in [4.78, 5) is 0. The molecule has 0 aromatic heterocycles. The predicted molar refractivity (Wildman–Crippen MR) is 72.5 cm³/mol. The quantitative estimate of drug-likeness (QED) is 0.619. The fourth-order valence-corrected chi connectivity index (χ4v) is 2.15. The summed E-state index contributed by atoms with van der Waals surface area (Å²) in [6.45, 7) is 0. The number of rotatable bonds is 1. The molecule has 0 atom stereocenters. The van der Waals surface area contributed by atoms with Crippen LogP contribution in [0.5, 0.6) is 0 Å². The van der Waals surface area contributed by atoms with Gasteiger partial charge >= 0.3 is 0 Å². The van der Waals surface area contributed by atoms with Crippen LogP contribution >= 0.6 is 46.4 Å². The van der Waals surface area contributed by atoms with Crippen LogP contribution in [0.2, 0.25) is 0 Å². The summed E-state index contributed by atoms with van der Waals surface area (Å²) < 4.78 is 10.1. The van der Waals surface area contributed by atoms with Crippen LogP contribution in [-0.2, 0) is 0 Å². The minimum absolute atomic E-state index is 0.546. The summed E-state index contributed by atoms with van der Waals surface area (Å²) in [5, 5.41) is 0. The first kappa shape index (κ1) is 13.2. The van der Waals surface area contributed by atoms with E-state index < -0.39 is 14.5 Å². The molecular weight excluding hydrogens is 305 g/mol. The number of halogens is 5. The molecule has 0 N–H and O–H groups in total. The number of benzene rings is 1. The highest BCUT2D eigenvalue weighted by Gasteiger charge is 2.51. The molecule has 17 heavy (non-hydrogen) atoms. The van der Waals surface area contributed by atoms with E-state index in [2.05, 4.69) is 0 Å². The largest absolute Gasteiger partial charge is 0.208 e. The lowest BCUT2D eigenvalue weighted by atomic mass is 9.98. The van der Waals surface area contributed by atoms with Crippen LogP contribution in [0, 0.1) is 0 Å². The fourth-order valence-electron chi connectivity index (χ4n) is 1.51. The molecule has 2 rings (SSSR count). The van der Waals surface area contributed by atoms with Crippen molar-refractivity contribution < 1.29 is 4.39 Å². The molecule has 0 radical (unpaired) electrons. The first-order valence-electron chi connectivity index (χ1n) is 4.76. The Morgan fingerprint density at radius 2 is 1.53 bits per heavy atom. The van der Waals surface area contributed by atoms with Gasteiger partial charge in [-0.05, 0) is 23.3 Å². The second-order valence-corrected chi connectivity index (χ2v) is 6.37. The number of hydrogen-bond donors (Lipinski definition) is 0. The van der Waals surface area contributed by atoms with E-state index in [9.17, 15) is 4.39 Å². The molecule has 1 aromatic carbocycles. The molecule has 0 heterocycles. The van der Waals surface area contributed by atoms with Crippen molar-refractivity contribution in [3.05, 3.63) is 53.9 Å². The van der Waals surface area contributed by atoms with Gasteiger partial charge in [0, 0.05) is 0 Å². The number of allylic oxidation sites excluding steroid dienone is 4. The average Bonchev–Trinajstić information content (AvgIpc) is 2.27. The van der Waals surface area contributed by atoms with Crippen molar-refractivity contribution in [1.29, 1.82) is 0 Å². The summed E-state index contributed by atoms with van der Waals surface area (Å²) in [5.41, 5.74) is 1.34. The van der Waals surface area contributed by atoms with E-state index in [0.717, 1.165) is 5.56 Å². The molecule has 0 amide bonds. The van der Waals surface area contributed by atoms with Gasteiger partial charge in [-0.3, -0.25) is 0 Å². The molecule has 0 unspecified atom stereocenters. The Morgan fingerprint density at radius 1 is 0.941 bits per heavy atom. The van der Waals surface area contributed by atoms with Gasteiger partial charge in [-0.25, -0.2) is 4.39 Å². The van der Waals surface area contributed by atoms with Gasteiger partial charge in [0.15, 0.2) is 4.33 Å². The van der Waals surface area contributed by atoms with Crippen LogP contribution in [0.15, 0.2) is 48.3 Å². The van der Waals surface area contributed by atoms with Gasteiger partial charge in [-0.15, -0.1) is 0 Å². The molecule has 0 saturated heterocycles. The highest BCUT2D eigenvalue weighted by Crippen LogP contribution is 2.53. The van der Waals surface area contributed by atoms with Crippen molar-refractivity contribution in [3.8, 4) is 0 Å². The minimum atomic E-state index is -1.96. The lowest BCUT2D eigenvalue weighted by Gasteiger charge is -2.32. The second-order valence-electron chi connectivity index (χ2n) is 3.66. The van der Waals surface area contributed by atoms with E-state index in [1.54, 1.807) is 0 Å². The third-order valence-corrected chi connectivity index (χ3v) is 4.57. The zero-order valence-electron chi connectivity index (χ0n) is 8.43. The lowest BCUT2D eigenvalue weighted by Crippen LogP contribution is -2.37. The normalized spacial score (nSPS) is 21.7. The van der Waals surface area contributed by atoms with Crippen LogP contribution in [-0.4, -0.2) is 8.67 Å². The van der Waals surface area contributed by atoms with Crippen molar-refractivity contribution >= 4 is 52.0 Å². The molecule has 0 spiro atoms. The summed E-state index contributed by atoms with van der Waals surface area (Å²) >= 11 is 23.5. The molecule has 1 aliphatic carbocycles. The summed E-state index contributed by atoms with van der Waals surface area (Å²) in [5.74, 6) is -0.771. The molecule has 0 aliphatic heterocycles. The van der Waals surface area contributed by atoms with Crippen molar-refractivity contribution in [1.82, 2.24) is 0 Å². The van der Waals surface area contributed by atoms with Crippen molar-refractivity contribution in [3.63, 3.8) is 0 Å². The molecule has 0 nitrogen and oxygen atoms in total. The lowest BCUT2D eigenvalue weighted by molar-refractivity contribution is 0.561. The van der Waals surface area contributed by atoms with Crippen LogP contribution in [0.3, 0.4) is 0 Å². The van der Waals surface area contributed by atoms with Gasteiger partial charge in [-0.1, -0.05) is 76.7 Å². The minimum Gasteiger partial charge on any atom is -0.208 e. The third-order valence-electron chi connectivity index (χ3n) is 2.44. The monoisotopic (exact) mass is 310 g/mol. The van der Waals surface area contributed by atoms with E-state index in [1.807, 2.05) is 30.3 Å². The maximum absolute atomic E-state index is 13.8. The summed E-state index contributed by atoms with van der Waals surface area (Å²) in [6, 6.07) is 9.14. The zero-order chi connectivity index (χ0) is 12.7. The first-order chi connectivity index (χ1) is 7.84. The maximum Gasteiger partial charge on any atom is 0.205 e. The van der Waals surface area contributed by atoms with E-state index >= 15 is 0 Å². The van der Waals surface area contributed by atoms with Crippen molar-refractivity contribution in [2.75, 3.05) is 0 Å².